The van der Waals surface area contributed by atoms with Gasteiger partial charge >= 0.3 is 6.01 Å². The highest BCUT2D eigenvalue weighted by molar-refractivity contribution is 6.02. The number of nitrogens with one attached hydrogen (secondary N) is 1. The summed E-state index contributed by atoms with van der Waals surface area (Å²) in [6.45, 7) is 13.5. The number of pyridine rings is 1. The van der Waals surface area contributed by atoms with Gasteiger partial charge in [-0.2, -0.15) is 9.97 Å². The van der Waals surface area contributed by atoms with Crippen LogP contribution in [0.5, 0.6) is 11.8 Å². The summed E-state index contributed by atoms with van der Waals surface area (Å²) in [5, 5.41) is 25.4. The minimum absolute atomic E-state index is 0.0113. The number of benzene rings is 3. The summed E-state index contributed by atoms with van der Waals surface area (Å²) in [4.78, 5) is 47.0. The minimum Gasteiger partial charge on any atom is -0.508 e. The van der Waals surface area contributed by atoms with Gasteiger partial charge in [-0.05, 0) is 130 Å². The van der Waals surface area contributed by atoms with Crippen molar-refractivity contribution >= 4 is 45.0 Å². The molecule has 0 radical (unpaired) electrons. The number of anilines is 2. The normalized spacial score (nSPS) is 23.0. The van der Waals surface area contributed by atoms with Crippen LogP contribution in [0.15, 0.2) is 42.6 Å². The molecule has 10 rings (SSSR count). The number of phenolic OH excluding ortho intramolecular Hbond substituents is 1. The van der Waals surface area contributed by atoms with Crippen LogP contribution in [0.2, 0.25) is 0 Å². The number of halogens is 4. The molecule has 13 nitrogen and oxygen atoms in total. The van der Waals surface area contributed by atoms with E-state index < -0.39 is 46.6 Å². The molecule has 1 saturated carbocycles. The lowest BCUT2D eigenvalue weighted by molar-refractivity contribution is -0.134. The van der Waals surface area contributed by atoms with Crippen LogP contribution >= 0.6 is 0 Å². The first-order valence-corrected chi connectivity index (χ1v) is 25.0. The number of piperidine rings is 3. The molecule has 0 bridgehead atoms. The average molecular weight is 967 g/mol. The Hall–Kier alpha value is -5.65. The van der Waals surface area contributed by atoms with Crippen molar-refractivity contribution in [2.45, 2.75) is 96.5 Å². The Morgan fingerprint density at radius 3 is 2.21 bits per heavy atom. The first kappa shape index (κ1) is 48.0. The van der Waals surface area contributed by atoms with Crippen LogP contribution in [0, 0.1) is 34.1 Å². The van der Waals surface area contributed by atoms with Crippen molar-refractivity contribution in [3.05, 3.63) is 77.0 Å². The number of carbonyl (C=O) groups is 2. The van der Waals surface area contributed by atoms with E-state index in [9.17, 15) is 19.8 Å². The number of aromatic nitrogens is 3. The van der Waals surface area contributed by atoms with Gasteiger partial charge in [-0.15, -0.1) is 0 Å². The van der Waals surface area contributed by atoms with Crippen LogP contribution in [0.25, 0.3) is 32.9 Å². The summed E-state index contributed by atoms with van der Waals surface area (Å²) in [5.74, 6) is -4.51. The molecule has 4 aliphatic heterocycles. The quantitative estimate of drug-likeness (QED) is 0.0776. The van der Waals surface area contributed by atoms with Crippen molar-refractivity contribution in [3.8, 4) is 23.0 Å². The molecule has 5 aromatic rings. The number of likely N-dealkylation sites (tertiary alicyclic amines) is 1. The zero-order valence-corrected chi connectivity index (χ0v) is 40.2. The van der Waals surface area contributed by atoms with Crippen molar-refractivity contribution in [3.63, 3.8) is 0 Å². The Morgan fingerprint density at radius 1 is 0.829 bits per heavy atom. The fraction of sp³-hybridized carbons (Fsp3) is 0.528. The number of hydrogen-bond donors (Lipinski definition) is 3. The molecule has 5 aliphatic rings. The third kappa shape index (κ3) is 9.48. The fourth-order valence-corrected chi connectivity index (χ4v) is 11.7. The van der Waals surface area contributed by atoms with E-state index in [1.54, 1.807) is 13.0 Å². The van der Waals surface area contributed by atoms with E-state index in [0.717, 1.165) is 71.4 Å². The van der Waals surface area contributed by atoms with Crippen molar-refractivity contribution in [2.24, 2.45) is 10.8 Å². The molecule has 2 atom stereocenters. The maximum absolute atomic E-state index is 17.2. The summed E-state index contributed by atoms with van der Waals surface area (Å²) in [6.07, 6.45) is 8.35. The molecule has 0 spiro atoms. The molecule has 17 heteroatoms. The van der Waals surface area contributed by atoms with E-state index in [1.165, 1.54) is 36.5 Å². The van der Waals surface area contributed by atoms with Gasteiger partial charge in [-0.1, -0.05) is 19.9 Å². The van der Waals surface area contributed by atoms with Crippen LogP contribution in [-0.4, -0.2) is 124 Å². The van der Waals surface area contributed by atoms with Gasteiger partial charge in [0, 0.05) is 87.2 Å². The second-order valence-electron chi connectivity index (χ2n) is 21.0. The predicted octanol–water partition coefficient (Wildman–Crippen LogP) is 8.01. The number of hydrogen-bond acceptors (Lipinski definition) is 12. The van der Waals surface area contributed by atoms with Gasteiger partial charge in [-0.3, -0.25) is 24.8 Å². The molecule has 3 aromatic carbocycles. The maximum Gasteiger partial charge on any atom is 0.319 e. The smallest absolute Gasteiger partial charge is 0.319 e. The lowest BCUT2D eigenvalue weighted by Crippen LogP contribution is -2.52. The fourth-order valence-electron chi connectivity index (χ4n) is 11.7. The Labute approximate surface area is 405 Å². The molecular weight excluding hydrogens is 905 g/mol. The van der Waals surface area contributed by atoms with E-state index in [-0.39, 0.29) is 64.3 Å². The number of nitrogens with zero attached hydrogens (tertiary/aromatic N) is 7. The molecule has 1 aliphatic carbocycles. The van der Waals surface area contributed by atoms with Gasteiger partial charge in [0.15, 0.2) is 5.82 Å². The number of phenols is 1. The van der Waals surface area contributed by atoms with Gasteiger partial charge in [0.25, 0.3) is 0 Å². The third-order valence-corrected chi connectivity index (χ3v) is 16.0. The van der Waals surface area contributed by atoms with Crippen molar-refractivity contribution in [1.29, 1.82) is 0 Å². The second-order valence-corrected chi connectivity index (χ2v) is 21.0. The maximum atomic E-state index is 17.2. The number of aliphatic hydroxyl groups is 1. The lowest BCUT2D eigenvalue weighted by Gasteiger charge is -2.46. The zero-order valence-electron chi connectivity index (χ0n) is 40.2. The van der Waals surface area contributed by atoms with E-state index in [2.05, 4.69) is 32.0 Å². The first-order valence-electron chi connectivity index (χ1n) is 25.0. The number of imide groups is 1. The Balaban J connectivity index is 0.805. The predicted molar refractivity (Wildman–Crippen MR) is 259 cm³/mol. The summed E-state index contributed by atoms with van der Waals surface area (Å²) < 4.78 is 69.5. The minimum atomic E-state index is -1.03. The van der Waals surface area contributed by atoms with Crippen LogP contribution in [0.4, 0.5) is 29.1 Å². The summed E-state index contributed by atoms with van der Waals surface area (Å²) in [7, 11) is 0. The van der Waals surface area contributed by atoms with Gasteiger partial charge < -0.3 is 29.6 Å². The lowest BCUT2D eigenvalue weighted by atomic mass is 9.75. The number of ether oxygens (including phenoxy) is 1. The van der Waals surface area contributed by atoms with Crippen molar-refractivity contribution in [2.75, 3.05) is 81.9 Å². The van der Waals surface area contributed by atoms with E-state index >= 15 is 17.6 Å². The number of carbonyl (C=O) groups excluding carboxylic acids is 2. The topological polar surface area (TPSA) is 147 Å². The number of fused-ring (bicyclic) bond motifs is 2. The van der Waals surface area contributed by atoms with Crippen LogP contribution in [0.1, 0.15) is 95.6 Å². The third-order valence-electron chi connectivity index (χ3n) is 16.0. The van der Waals surface area contributed by atoms with Gasteiger partial charge in [0.2, 0.25) is 11.8 Å². The standard InChI is InChI=1S/C53H62F4N8O5/c1-4-35-39(54)9-7-32-23-34(66)26-37(43(32)35)46-45(57)47-38(27-58-46)48(65-16-6-11-51(3,69)28-65)61-50(60-47)70-31-53(12-13-53)30-62-17-14-52(5-2,15-18-62)29-63-19-21-64(22-20-63)33-24-40(55)44(41(56)25-33)36-8-10-42(67)59-49(36)68/h7,9,23-27,36,66,69H,4-6,8,10-22,28-31H2,1-3H3,(H,59,67,68)/t36?,51-/m1/s1. The number of aryl methyl sites for hydroxylation is 1. The Bertz CT molecular complexity index is 2820. The number of β-amino-alcohol motifs (C(OH)–C–C–N with tert-alkyl or cyclic N) is 1. The molecule has 5 fully saturated rings. The van der Waals surface area contributed by atoms with Gasteiger partial charge in [-0.25, -0.2) is 17.6 Å². The monoisotopic (exact) mass is 966 g/mol. The number of amides is 2. The largest absolute Gasteiger partial charge is 0.508 e. The number of rotatable bonds is 13. The Kier molecular flexibility index (Phi) is 12.9. The van der Waals surface area contributed by atoms with E-state index in [4.69, 9.17) is 9.72 Å². The molecular formula is C53H62F4N8O5. The number of aromatic hydroxyl groups is 1. The van der Waals surface area contributed by atoms with Gasteiger partial charge in [0.05, 0.1) is 23.5 Å². The molecule has 372 valence electrons. The highest BCUT2D eigenvalue weighted by Crippen LogP contribution is 2.48. The summed E-state index contributed by atoms with van der Waals surface area (Å²) in [5.41, 5.74) is -0.229. The zero-order chi connectivity index (χ0) is 49.1. The van der Waals surface area contributed by atoms with Crippen LogP contribution < -0.4 is 19.9 Å². The van der Waals surface area contributed by atoms with Crippen molar-refractivity contribution in [1.82, 2.24) is 30.1 Å². The average Bonchev–Trinajstić information content (AvgIpc) is 4.11. The SMILES string of the molecule is CCc1c(F)ccc2cc(O)cc(-c3ncc4c(N5CCC[C@@](C)(O)C5)nc(OCC5(CN6CCC(CC)(CN7CCN(c8cc(F)c(C9CCC(=O)NC9=O)c(F)c8)CC7)CC6)CC5)nc4c3F)c12. The molecule has 2 amide bonds. The first-order chi connectivity index (χ1) is 33.6. The highest BCUT2D eigenvalue weighted by Gasteiger charge is 2.47. The molecule has 70 heavy (non-hydrogen) atoms. The van der Waals surface area contributed by atoms with E-state index in [1.807, 2.05) is 16.7 Å². The molecule has 3 N–H and O–H groups in total. The Morgan fingerprint density at radius 2 is 1.54 bits per heavy atom. The summed E-state index contributed by atoms with van der Waals surface area (Å²) in [6, 6.07) is 8.51. The second kappa shape index (κ2) is 18.8. The molecule has 1 unspecified atom stereocenters. The molecule has 6 heterocycles. The molecule has 4 saturated heterocycles. The highest BCUT2D eigenvalue weighted by atomic mass is 19.1. The summed E-state index contributed by atoms with van der Waals surface area (Å²) >= 11 is 0. The van der Waals surface area contributed by atoms with Crippen LogP contribution in [0.3, 0.4) is 0 Å². The van der Waals surface area contributed by atoms with E-state index in [0.29, 0.717) is 78.7 Å². The molecule has 2 aromatic heterocycles. The number of piperazine rings is 1. The van der Waals surface area contributed by atoms with Gasteiger partial charge in [0.1, 0.15) is 40.2 Å². The van der Waals surface area contributed by atoms with Crippen LogP contribution in [-0.2, 0) is 16.0 Å². The van der Waals surface area contributed by atoms with Crippen molar-refractivity contribution < 1.29 is 42.1 Å².